The van der Waals surface area contributed by atoms with Crippen molar-refractivity contribution in [2.45, 2.75) is 19.9 Å². The van der Waals surface area contributed by atoms with E-state index in [1.807, 2.05) is 30.5 Å². The van der Waals surface area contributed by atoms with Crippen LogP contribution in [0.5, 0.6) is 0 Å². The summed E-state index contributed by atoms with van der Waals surface area (Å²) in [5.41, 5.74) is 7.06. The Labute approximate surface area is 200 Å². The second-order valence-corrected chi connectivity index (χ2v) is 9.19. The Kier molecular flexibility index (Phi) is 6.21. The maximum absolute atomic E-state index is 6.12. The lowest BCUT2D eigenvalue weighted by Gasteiger charge is -2.39. The molecule has 1 aliphatic heterocycles. The van der Waals surface area contributed by atoms with E-state index in [1.54, 1.807) is 0 Å². The molecule has 1 saturated heterocycles. The zero-order valence-electron chi connectivity index (χ0n) is 19.1. The van der Waals surface area contributed by atoms with Gasteiger partial charge in [-0.3, -0.25) is 9.88 Å². The molecule has 1 unspecified atom stereocenters. The van der Waals surface area contributed by atoms with Gasteiger partial charge in [0, 0.05) is 65.9 Å². The highest BCUT2D eigenvalue weighted by molar-refractivity contribution is 6.31. The standard InChI is InChI=1S/C28H29ClN4/c1-20-5-3-4-6-28(20)33-17-15-32(16-18-33)21(2)22-7-10-24(11-8-22)31-26-13-14-30-27-19-23(29)9-12-25(26)27/h3-14,19,21H,15-18H2,1-2H3,(H,30,31). The first-order chi connectivity index (χ1) is 16.1. The molecule has 5 rings (SSSR count). The molecule has 0 radical (unpaired) electrons. The van der Waals surface area contributed by atoms with Gasteiger partial charge >= 0.3 is 0 Å². The monoisotopic (exact) mass is 456 g/mol. The maximum Gasteiger partial charge on any atom is 0.0737 e. The smallest absolute Gasteiger partial charge is 0.0737 e. The van der Waals surface area contributed by atoms with Crippen molar-refractivity contribution in [2.24, 2.45) is 0 Å². The lowest BCUT2D eigenvalue weighted by atomic mass is 10.0. The van der Waals surface area contributed by atoms with E-state index < -0.39 is 0 Å². The number of aromatic nitrogens is 1. The Morgan fingerprint density at radius 1 is 0.909 bits per heavy atom. The van der Waals surface area contributed by atoms with Crippen LogP contribution in [0.2, 0.25) is 5.02 Å². The highest BCUT2D eigenvalue weighted by Crippen LogP contribution is 2.29. The van der Waals surface area contributed by atoms with Crippen molar-refractivity contribution in [3.05, 3.63) is 95.1 Å². The van der Waals surface area contributed by atoms with E-state index in [-0.39, 0.29) is 0 Å². The molecule has 0 spiro atoms. The molecule has 2 heterocycles. The number of para-hydroxylation sites is 1. The van der Waals surface area contributed by atoms with Crippen LogP contribution in [0.15, 0.2) is 79.0 Å². The summed E-state index contributed by atoms with van der Waals surface area (Å²) in [6, 6.07) is 25.7. The van der Waals surface area contributed by atoms with Crippen LogP contribution < -0.4 is 10.2 Å². The Morgan fingerprint density at radius 3 is 2.42 bits per heavy atom. The summed E-state index contributed by atoms with van der Waals surface area (Å²) in [5.74, 6) is 0. The van der Waals surface area contributed by atoms with Crippen LogP contribution in [0, 0.1) is 6.92 Å². The number of piperazine rings is 1. The van der Waals surface area contributed by atoms with Gasteiger partial charge in [0.2, 0.25) is 0 Å². The van der Waals surface area contributed by atoms with E-state index in [9.17, 15) is 0 Å². The van der Waals surface area contributed by atoms with Gasteiger partial charge in [-0.15, -0.1) is 0 Å². The van der Waals surface area contributed by atoms with Crippen LogP contribution in [0.4, 0.5) is 17.1 Å². The predicted molar refractivity (Wildman–Crippen MR) is 140 cm³/mol. The van der Waals surface area contributed by atoms with Crippen LogP contribution in [0.3, 0.4) is 0 Å². The molecule has 0 bridgehead atoms. The predicted octanol–water partition coefficient (Wildman–Crippen LogP) is 6.82. The topological polar surface area (TPSA) is 31.4 Å². The zero-order valence-corrected chi connectivity index (χ0v) is 19.9. The van der Waals surface area contributed by atoms with Crippen LogP contribution in [0.25, 0.3) is 10.9 Å². The Bertz CT molecular complexity index is 1250. The van der Waals surface area contributed by atoms with Gasteiger partial charge in [0.05, 0.1) is 5.52 Å². The summed E-state index contributed by atoms with van der Waals surface area (Å²) >= 11 is 6.12. The van der Waals surface area contributed by atoms with Crippen LogP contribution >= 0.6 is 11.6 Å². The Balaban J connectivity index is 1.24. The summed E-state index contributed by atoms with van der Waals surface area (Å²) in [7, 11) is 0. The number of aryl methyl sites for hydroxylation is 1. The molecule has 1 aliphatic rings. The first kappa shape index (κ1) is 21.7. The van der Waals surface area contributed by atoms with Crippen molar-refractivity contribution >= 4 is 39.6 Å². The van der Waals surface area contributed by atoms with Crippen molar-refractivity contribution < 1.29 is 0 Å². The second-order valence-electron chi connectivity index (χ2n) is 8.75. The van der Waals surface area contributed by atoms with E-state index >= 15 is 0 Å². The van der Waals surface area contributed by atoms with Crippen LogP contribution in [-0.4, -0.2) is 36.1 Å². The van der Waals surface area contributed by atoms with Gasteiger partial charge in [0.15, 0.2) is 0 Å². The summed E-state index contributed by atoms with van der Waals surface area (Å²) < 4.78 is 0. The molecule has 1 fully saturated rings. The maximum atomic E-state index is 6.12. The third kappa shape index (κ3) is 4.68. The van der Waals surface area contributed by atoms with Crippen molar-refractivity contribution in [1.29, 1.82) is 0 Å². The summed E-state index contributed by atoms with van der Waals surface area (Å²) in [6.07, 6.45) is 1.81. The largest absolute Gasteiger partial charge is 0.369 e. The number of rotatable bonds is 5. The number of hydrogen-bond acceptors (Lipinski definition) is 4. The summed E-state index contributed by atoms with van der Waals surface area (Å²) in [5, 5.41) is 5.30. The minimum Gasteiger partial charge on any atom is -0.369 e. The van der Waals surface area contributed by atoms with Gasteiger partial charge in [-0.05, 0) is 67.4 Å². The van der Waals surface area contributed by atoms with Gasteiger partial charge in [-0.1, -0.05) is 41.9 Å². The molecule has 33 heavy (non-hydrogen) atoms. The molecule has 4 nitrogen and oxygen atoms in total. The number of anilines is 3. The fourth-order valence-electron chi connectivity index (χ4n) is 4.71. The molecule has 1 aromatic heterocycles. The van der Waals surface area contributed by atoms with Crippen LogP contribution in [0.1, 0.15) is 24.1 Å². The molecule has 0 amide bonds. The summed E-state index contributed by atoms with van der Waals surface area (Å²) in [6.45, 7) is 8.78. The fraction of sp³-hybridized carbons (Fsp3) is 0.250. The normalized spacial score (nSPS) is 15.5. The van der Waals surface area contributed by atoms with Gasteiger partial charge in [-0.25, -0.2) is 0 Å². The zero-order chi connectivity index (χ0) is 22.8. The van der Waals surface area contributed by atoms with E-state index in [0.29, 0.717) is 11.1 Å². The lowest BCUT2D eigenvalue weighted by molar-refractivity contribution is 0.198. The number of pyridine rings is 1. The molecular weight excluding hydrogens is 428 g/mol. The van der Waals surface area contributed by atoms with E-state index in [0.717, 1.165) is 48.5 Å². The number of hydrogen-bond donors (Lipinski definition) is 1. The quantitative estimate of drug-likeness (QED) is 0.357. The molecule has 1 atom stereocenters. The number of halogens is 1. The highest BCUT2D eigenvalue weighted by atomic mass is 35.5. The lowest BCUT2D eigenvalue weighted by Crippen LogP contribution is -2.47. The molecular formula is C28H29ClN4. The third-order valence-electron chi connectivity index (χ3n) is 6.69. The minimum atomic E-state index is 0.391. The number of benzene rings is 3. The van der Waals surface area contributed by atoms with E-state index in [4.69, 9.17) is 11.6 Å². The Morgan fingerprint density at radius 2 is 1.67 bits per heavy atom. The first-order valence-electron chi connectivity index (χ1n) is 11.5. The van der Waals surface area contributed by atoms with Crippen molar-refractivity contribution in [2.75, 3.05) is 36.4 Å². The molecule has 5 heteroatoms. The first-order valence-corrected chi connectivity index (χ1v) is 11.9. The molecule has 3 aromatic carbocycles. The van der Waals surface area contributed by atoms with Gasteiger partial charge in [0.25, 0.3) is 0 Å². The second kappa shape index (κ2) is 9.42. The number of nitrogens with one attached hydrogen (secondary N) is 1. The summed E-state index contributed by atoms with van der Waals surface area (Å²) in [4.78, 5) is 9.52. The molecule has 0 aliphatic carbocycles. The highest BCUT2D eigenvalue weighted by Gasteiger charge is 2.22. The third-order valence-corrected chi connectivity index (χ3v) is 6.93. The van der Waals surface area contributed by atoms with Crippen molar-refractivity contribution in [1.82, 2.24) is 9.88 Å². The fourth-order valence-corrected chi connectivity index (χ4v) is 4.88. The van der Waals surface area contributed by atoms with Crippen molar-refractivity contribution in [3.8, 4) is 0 Å². The average molecular weight is 457 g/mol. The molecule has 4 aromatic rings. The molecule has 1 N–H and O–H groups in total. The average Bonchev–Trinajstić information content (AvgIpc) is 2.84. The Hall–Kier alpha value is -3.08. The van der Waals surface area contributed by atoms with Gasteiger partial charge in [-0.2, -0.15) is 0 Å². The number of nitrogens with zero attached hydrogens (tertiary/aromatic N) is 3. The van der Waals surface area contributed by atoms with E-state index in [2.05, 4.69) is 82.5 Å². The SMILES string of the molecule is Cc1ccccc1N1CCN(C(C)c2ccc(Nc3ccnc4cc(Cl)ccc34)cc2)CC1. The molecule has 0 saturated carbocycles. The van der Waals surface area contributed by atoms with Gasteiger partial charge < -0.3 is 10.2 Å². The van der Waals surface area contributed by atoms with Crippen LogP contribution in [-0.2, 0) is 0 Å². The van der Waals surface area contributed by atoms with Gasteiger partial charge in [0.1, 0.15) is 0 Å². The molecule has 168 valence electrons. The van der Waals surface area contributed by atoms with E-state index in [1.165, 1.54) is 16.8 Å². The number of fused-ring (bicyclic) bond motifs is 1. The van der Waals surface area contributed by atoms with Crippen molar-refractivity contribution in [3.63, 3.8) is 0 Å². The minimum absolute atomic E-state index is 0.391.